The van der Waals surface area contributed by atoms with Gasteiger partial charge in [0.25, 0.3) is 11.8 Å². The number of anilines is 1. The molecule has 170 valence electrons. The summed E-state index contributed by atoms with van der Waals surface area (Å²) in [7, 11) is 1.34. The maximum Gasteiger partial charge on any atom is 0.417 e. The van der Waals surface area contributed by atoms with Crippen LogP contribution in [0, 0.1) is 17.1 Å². The third-order valence-electron chi connectivity index (χ3n) is 4.93. The summed E-state index contributed by atoms with van der Waals surface area (Å²) in [5.74, 6) is -2.14. The van der Waals surface area contributed by atoms with Crippen molar-refractivity contribution in [1.82, 2.24) is 10.2 Å². The number of amides is 2. The van der Waals surface area contributed by atoms with E-state index in [0.29, 0.717) is 6.08 Å². The van der Waals surface area contributed by atoms with Gasteiger partial charge in [0.2, 0.25) is 0 Å². The second kappa shape index (κ2) is 8.70. The predicted molar refractivity (Wildman–Crippen MR) is 114 cm³/mol. The van der Waals surface area contributed by atoms with Crippen molar-refractivity contribution in [2.75, 3.05) is 11.9 Å². The second-order valence-electron chi connectivity index (χ2n) is 7.49. The van der Waals surface area contributed by atoms with Crippen LogP contribution in [0.4, 0.5) is 23.2 Å². The Morgan fingerprint density at radius 2 is 1.88 bits per heavy atom. The number of alkyl halides is 3. The molecule has 1 heterocycles. The van der Waals surface area contributed by atoms with Gasteiger partial charge in [0.15, 0.2) is 5.11 Å². The lowest BCUT2D eigenvalue weighted by atomic mass is 10.0. The third kappa shape index (κ3) is 4.36. The third-order valence-corrected chi connectivity index (χ3v) is 5.30. The average molecular weight is 468 g/mol. The highest BCUT2D eigenvalue weighted by Crippen LogP contribution is 2.37. The molecule has 1 fully saturated rings. The summed E-state index contributed by atoms with van der Waals surface area (Å²) in [6.07, 6.45) is -4.14. The largest absolute Gasteiger partial charge is 0.417 e. The van der Waals surface area contributed by atoms with Crippen LogP contribution >= 0.6 is 12.2 Å². The highest BCUT2D eigenvalue weighted by Gasteiger charge is 2.50. The van der Waals surface area contributed by atoms with Crippen LogP contribution in [-0.2, 0) is 4.79 Å². The van der Waals surface area contributed by atoms with Crippen molar-refractivity contribution < 1.29 is 27.2 Å². The summed E-state index contributed by atoms with van der Waals surface area (Å²) in [6.45, 7) is 5.25. The maximum atomic E-state index is 14.5. The fourth-order valence-electron chi connectivity index (χ4n) is 3.24. The number of carbonyl (C=O) groups excluding carboxylic acids is 2. The van der Waals surface area contributed by atoms with E-state index in [-0.39, 0.29) is 22.1 Å². The van der Waals surface area contributed by atoms with Crippen LogP contribution in [0.15, 0.2) is 41.1 Å². The van der Waals surface area contributed by atoms with E-state index in [1.807, 2.05) is 0 Å². The van der Waals surface area contributed by atoms with Gasteiger partial charge in [0.1, 0.15) is 11.4 Å². The molecule has 1 aliphatic heterocycles. The lowest BCUT2D eigenvalue weighted by molar-refractivity contribution is -0.128. The zero-order chi connectivity index (χ0) is 24.6. The molecule has 0 unspecified atom stereocenters. The van der Waals surface area contributed by atoms with Crippen molar-refractivity contribution in [3.05, 3.63) is 52.5 Å². The van der Waals surface area contributed by atoms with Gasteiger partial charge in [0.05, 0.1) is 17.2 Å². The number of nitriles is 1. The minimum absolute atomic E-state index is 0.147. The van der Waals surface area contributed by atoms with E-state index in [0.717, 1.165) is 17.9 Å². The molecule has 0 radical (unpaired) electrons. The number of rotatable bonds is 4. The fourth-order valence-corrected chi connectivity index (χ4v) is 3.80. The summed E-state index contributed by atoms with van der Waals surface area (Å²) in [5, 5.41) is 11.0. The van der Waals surface area contributed by atoms with Gasteiger partial charge in [-0.1, -0.05) is 0 Å². The Labute approximate surface area is 187 Å². The molecule has 32 heavy (non-hydrogen) atoms. The molecular formula is C21H20F4N4O2S. The van der Waals surface area contributed by atoms with E-state index in [9.17, 15) is 27.2 Å². The Bertz CT molecular complexity index is 1100. The maximum absolute atomic E-state index is 14.5. The van der Waals surface area contributed by atoms with E-state index >= 15 is 0 Å². The first kappa shape index (κ1) is 25.0. The van der Waals surface area contributed by atoms with Crippen molar-refractivity contribution in [3.8, 4) is 6.07 Å². The molecule has 0 aliphatic carbocycles. The summed E-state index contributed by atoms with van der Waals surface area (Å²) in [5.41, 5.74) is -3.36. The lowest BCUT2D eigenvalue weighted by Gasteiger charge is -2.29. The standard InChI is InChI=1S/C21H20F4N4O2S/c1-11(10-26)15(21(23,24)25)8-12(2)28-18(31)20(3,4)29(19(28)32)13-6-7-14(16(22)9-13)17(30)27-5/h6-9H,1-5H3,(H,27,30)/b12-8+,15-11-. The van der Waals surface area contributed by atoms with Crippen LogP contribution < -0.4 is 10.2 Å². The number of halogens is 4. The summed E-state index contributed by atoms with van der Waals surface area (Å²) in [4.78, 5) is 27.0. The van der Waals surface area contributed by atoms with Gasteiger partial charge in [-0.3, -0.25) is 14.5 Å². The van der Waals surface area contributed by atoms with Gasteiger partial charge >= 0.3 is 6.18 Å². The zero-order valence-electron chi connectivity index (χ0n) is 17.9. The molecular weight excluding hydrogens is 448 g/mol. The average Bonchev–Trinajstić information content (AvgIpc) is 2.87. The fraction of sp³-hybridized carbons (Fsp3) is 0.333. The summed E-state index contributed by atoms with van der Waals surface area (Å²) >= 11 is 5.36. The van der Waals surface area contributed by atoms with Gasteiger partial charge < -0.3 is 10.2 Å². The molecule has 0 bridgehead atoms. The number of nitrogens with one attached hydrogen (secondary N) is 1. The van der Waals surface area contributed by atoms with Crippen molar-refractivity contribution in [2.45, 2.75) is 39.4 Å². The Morgan fingerprint density at radius 1 is 1.28 bits per heavy atom. The monoisotopic (exact) mass is 468 g/mol. The van der Waals surface area contributed by atoms with Crippen LogP contribution in [0.2, 0.25) is 0 Å². The molecule has 1 N–H and O–H groups in total. The number of carbonyl (C=O) groups is 2. The van der Waals surface area contributed by atoms with E-state index in [4.69, 9.17) is 17.5 Å². The van der Waals surface area contributed by atoms with Gasteiger partial charge in [-0.25, -0.2) is 4.39 Å². The van der Waals surface area contributed by atoms with Gasteiger partial charge in [-0.2, -0.15) is 18.4 Å². The quantitative estimate of drug-likeness (QED) is 0.310. The minimum atomic E-state index is -4.82. The number of nitrogens with zero attached hydrogens (tertiary/aromatic N) is 3. The van der Waals surface area contributed by atoms with Crippen molar-refractivity contribution in [2.24, 2.45) is 0 Å². The zero-order valence-corrected chi connectivity index (χ0v) is 18.7. The normalized spacial score (nSPS) is 17.3. The SMILES string of the molecule is CNC(=O)c1ccc(N2C(=S)N(/C(C)=C/C(=C(\C)C#N)C(F)(F)F)C(=O)C2(C)C)cc1F. The van der Waals surface area contributed by atoms with Crippen LogP contribution in [-0.4, -0.2) is 40.6 Å². The van der Waals surface area contributed by atoms with Gasteiger partial charge in [0, 0.05) is 24.0 Å². The Kier molecular flexibility index (Phi) is 6.80. The molecule has 0 atom stereocenters. The van der Waals surface area contributed by atoms with Crippen molar-refractivity contribution >= 4 is 34.8 Å². The summed E-state index contributed by atoms with van der Waals surface area (Å²) < 4.78 is 54.7. The van der Waals surface area contributed by atoms with Crippen LogP contribution in [0.1, 0.15) is 38.1 Å². The van der Waals surface area contributed by atoms with E-state index in [2.05, 4.69) is 5.32 Å². The van der Waals surface area contributed by atoms with Crippen LogP contribution in [0.5, 0.6) is 0 Å². The number of hydrogen-bond acceptors (Lipinski definition) is 4. The Balaban J connectivity index is 2.57. The molecule has 0 aromatic heterocycles. The summed E-state index contributed by atoms with van der Waals surface area (Å²) in [6, 6.07) is 5.09. The van der Waals surface area contributed by atoms with E-state index in [1.54, 1.807) is 0 Å². The molecule has 0 saturated carbocycles. The predicted octanol–water partition coefficient (Wildman–Crippen LogP) is 4.20. The molecule has 2 amide bonds. The van der Waals surface area contributed by atoms with Crippen molar-refractivity contribution in [1.29, 1.82) is 5.26 Å². The second-order valence-corrected chi connectivity index (χ2v) is 7.86. The highest BCUT2D eigenvalue weighted by molar-refractivity contribution is 7.80. The van der Waals surface area contributed by atoms with Gasteiger partial charge in [-0.05, 0) is 64.2 Å². The van der Waals surface area contributed by atoms with Crippen LogP contribution in [0.25, 0.3) is 0 Å². The number of thiocarbonyl (C=S) groups is 1. The van der Waals surface area contributed by atoms with Crippen molar-refractivity contribution in [3.63, 3.8) is 0 Å². The molecule has 2 rings (SSSR count). The Morgan fingerprint density at radius 3 is 2.34 bits per heavy atom. The van der Waals surface area contributed by atoms with E-state index < -0.39 is 40.5 Å². The number of allylic oxidation sites excluding steroid dienone is 4. The smallest absolute Gasteiger partial charge is 0.355 e. The number of hydrogen-bond donors (Lipinski definition) is 1. The molecule has 6 nitrogen and oxygen atoms in total. The topological polar surface area (TPSA) is 76.4 Å². The number of benzene rings is 1. The van der Waals surface area contributed by atoms with Crippen LogP contribution in [0.3, 0.4) is 0 Å². The highest BCUT2D eigenvalue weighted by atomic mass is 32.1. The Hall–Kier alpha value is -3.26. The molecule has 1 aliphatic rings. The minimum Gasteiger partial charge on any atom is -0.355 e. The molecule has 1 aromatic rings. The molecule has 1 aromatic carbocycles. The first-order valence-corrected chi connectivity index (χ1v) is 9.66. The van der Waals surface area contributed by atoms with Gasteiger partial charge in [-0.15, -0.1) is 0 Å². The first-order valence-electron chi connectivity index (χ1n) is 9.25. The lowest BCUT2D eigenvalue weighted by Crippen LogP contribution is -2.44. The van der Waals surface area contributed by atoms with E-state index in [1.165, 1.54) is 50.9 Å². The molecule has 1 saturated heterocycles. The molecule has 11 heteroatoms. The molecule has 0 spiro atoms. The first-order chi connectivity index (χ1) is 14.7.